The van der Waals surface area contributed by atoms with Crippen molar-refractivity contribution in [1.29, 1.82) is 0 Å². The SMILES string of the molecule is COC(=O)c1nn(CCN(C)C)cc1[N+](=O)[O-]. The molecule has 0 spiro atoms. The van der Waals surface area contributed by atoms with Crippen LogP contribution < -0.4 is 0 Å². The van der Waals surface area contributed by atoms with Crippen molar-refractivity contribution in [2.75, 3.05) is 27.7 Å². The molecule has 17 heavy (non-hydrogen) atoms. The van der Waals surface area contributed by atoms with Crippen molar-refractivity contribution in [3.05, 3.63) is 22.0 Å². The van der Waals surface area contributed by atoms with Crippen LogP contribution in [0.25, 0.3) is 0 Å². The van der Waals surface area contributed by atoms with E-state index in [1.807, 2.05) is 19.0 Å². The molecule has 0 atom stereocenters. The van der Waals surface area contributed by atoms with Gasteiger partial charge in [-0.2, -0.15) is 5.10 Å². The summed E-state index contributed by atoms with van der Waals surface area (Å²) in [5.41, 5.74) is -0.605. The summed E-state index contributed by atoms with van der Waals surface area (Å²) >= 11 is 0. The lowest BCUT2D eigenvalue weighted by molar-refractivity contribution is -0.385. The minimum atomic E-state index is -0.805. The molecule has 94 valence electrons. The fourth-order valence-corrected chi connectivity index (χ4v) is 1.20. The highest BCUT2D eigenvalue weighted by molar-refractivity contribution is 5.91. The Morgan fingerprint density at radius 3 is 2.76 bits per heavy atom. The van der Waals surface area contributed by atoms with E-state index in [-0.39, 0.29) is 11.4 Å². The first-order chi connectivity index (χ1) is 7.95. The highest BCUT2D eigenvalue weighted by Crippen LogP contribution is 2.17. The van der Waals surface area contributed by atoms with Gasteiger partial charge in [-0.15, -0.1) is 0 Å². The smallest absolute Gasteiger partial charge is 0.365 e. The van der Waals surface area contributed by atoms with Crippen LogP contribution in [0.5, 0.6) is 0 Å². The monoisotopic (exact) mass is 242 g/mol. The number of esters is 1. The summed E-state index contributed by atoms with van der Waals surface area (Å²) < 4.78 is 5.80. The third-order valence-electron chi connectivity index (χ3n) is 2.09. The third-order valence-corrected chi connectivity index (χ3v) is 2.09. The predicted octanol–water partition coefficient (Wildman–Crippen LogP) is 0.139. The van der Waals surface area contributed by atoms with Crippen LogP contribution in [-0.4, -0.2) is 53.3 Å². The number of ether oxygens (including phenoxy) is 1. The summed E-state index contributed by atoms with van der Waals surface area (Å²) in [6.45, 7) is 1.13. The molecule has 1 rings (SSSR count). The van der Waals surface area contributed by atoms with E-state index in [1.54, 1.807) is 0 Å². The number of carbonyl (C=O) groups is 1. The quantitative estimate of drug-likeness (QED) is 0.414. The van der Waals surface area contributed by atoms with E-state index in [0.717, 1.165) is 7.11 Å². The zero-order valence-corrected chi connectivity index (χ0v) is 9.91. The molecule has 0 aliphatic heterocycles. The van der Waals surface area contributed by atoms with Crippen molar-refractivity contribution in [2.24, 2.45) is 0 Å². The molecule has 0 saturated heterocycles. The molecule has 0 saturated carbocycles. The van der Waals surface area contributed by atoms with E-state index < -0.39 is 10.9 Å². The normalized spacial score (nSPS) is 10.6. The second-order valence-electron chi connectivity index (χ2n) is 3.68. The number of hydrogen-bond acceptors (Lipinski definition) is 6. The Kier molecular flexibility index (Phi) is 4.16. The Bertz CT molecular complexity index is 427. The summed E-state index contributed by atoms with van der Waals surface area (Å²) in [5, 5.41) is 14.6. The first kappa shape index (κ1) is 13.1. The Morgan fingerprint density at radius 1 is 1.65 bits per heavy atom. The maximum Gasteiger partial charge on any atom is 0.365 e. The second-order valence-corrected chi connectivity index (χ2v) is 3.68. The van der Waals surface area contributed by atoms with E-state index in [1.165, 1.54) is 10.9 Å². The van der Waals surface area contributed by atoms with Gasteiger partial charge in [-0.05, 0) is 14.1 Å². The minimum Gasteiger partial charge on any atom is -0.464 e. The molecule has 0 unspecified atom stereocenters. The number of carbonyl (C=O) groups excluding carboxylic acids is 1. The van der Waals surface area contributed by atoms with Crippen LogP contribution in [-0.2, 0) is 11.3 Å². The molecule has 0 bridgehead atoms. The van der Waals surface area contributed by atoms with Gasteiger partial charge in [0.25, 0.3) is 0 Å². The summed E-state index contributed by atoms with van der Waals surface area (Å²) in [7, 11) is 4.91. The molecule has 0 N–H and O–H groups in total. The second kappa shape index (κ2) is 5.39. The van der Waals surface area contributed by atoms with Gasteiger partial charge in [0, 0.05) is 6.54 Å². The molecule has 8 heteroatoms. The number of likely N-dealkylation sites (N-methyl/N-ethyl adjacent to an activating group) is 1. The van der Waals surface area contributed by atoms with Gasteiger partial charge in [0.1, 0.15) is 6.20 Å². The molecule has 0 fully saturated rings. The summed E-state index contributed by atoms with van der Waals surface area (Å²) in [6.07, 6.45) is 1.23. The molecule has 0 aromatic carbocycles. The summed E-state index contributed by atoms with van der Waals surface area (Å²) in [4.78, 5) is 23.3. The number of hydrogen-bond donors (Lipinski definition) is 0. The standard InChI is InChI=1S/C9H14N4O4/c1-11(2)4-5-12-6-7(13(15)16)8(10-12)9(14)17-3/h6H,4-5H2,1-3H3. The Morgan fingerprint density at radius 2 is 2.29 bits per heavy atom. The molecule has 0 amide bonds. The number of rotatable bonds is 5. The summed E-state index contributed by atoms with van der Waals surface area (Å²) in [6, 6.07) is 0. The maximum absolute atomic E-state index is 11.3. The molecule has 1 aromatic rings. The van der Waals surface area contributed by atoms with Gasteiger partial charge >= 0.3 is 11.7 Å². The molecule has 0 radical (unpaired) electrons. The first-order valence-electron chi connectivity index (χ1n) is 4.90. The zero-order chi connectivity index (χ0) is 13.0. The maximum atomic E-state index is 11.3. The number of nitro groups is 1. The molecule has 8 nitrogen and oxygen atoms in total. The van der Waals surface area contributed by atoms with Crippen molar-refractivity contribution in [1.82, 2.24) is 14.7 Å². The van der Waals surface area contributed by atoms with E-state index >= 15 is 0 Å². The lowest BCUT2D eigenvalue weighted by Gasteiger charge is -2.08. The summed E-state index contributed by atoms with van der Waals surface area (Å²) in [5.74, 6) is -0.805. The van der Waals surface area contributed by atoms with Crippen molar-refractivity contribution in [3.8, 4) is 0 Å². The highest BCUT2D eigenvalue weighted by Gasteiger charge is 2.26. The molecule has 1 aromatic heterocycles. The average Bonchev–Trinajstić information content (AvgIpc) is 2.69. The highest BCUT2D eigenvalue weighted by atomic mass is 16.6. The Hall–Kier alpha value is -1.96. The van der Waals surface area contributed by atoms with Gasteiger partial charge in [0.2, 0.25) is 5.69 Å². The van der Waals surface area contributed by atoms with Gasteiger partial charge in [0.05, 0.1) is 18.6 Å². The lowest BCUT2D eigenvalue weighted by atomic mass is 10.4. The van der Waals surface area contributed by atoms with Crippen LogP contribution in [0.2, 0.25) is 0 Å². The van der Waals surface area contributed by atoms with Crippen molar-refractivity contribution < 1.29 is 14.5 Å². The van der Waals surface area contributed by atoms with Gasteiger partial charge in [-0.3, -0.25) is 14.8 Å². The van der Waals surface area contributed by atoms with Crippen LogP contribution in [0, 0.1) is 10.1 Å². The fraction of sp³-hybridized carbons (Fsp3) is 0.556. The van der Waals surface area contributed by atoms with Gasteiger partial charge in [0.15, 0.2) is 0 Å². The first-order valence-corrected chi connectivity index (χ1v) is 4.90. The lowest BCUT2D eigenvalue weighted by Crippen LogP contribution is -2.19. The molecule has 1 heterocycles. The average molecular weight is 242 g/mol. The molecule has 0 aliphatic rings. The van der Waals surface area contributed by atoms with Crippen molar-refractivity contribution in [3.63, 3.8) is 0 Å². The fourth-order valence-electron chi connectivity index (χ4n) is 1.20. The van der Waals surface area contributed by atoms with Crippen LogP contribution in [0.1, 0.15) is 10.5 Å². The van der Waals surface area contributed by atoms with E-state index in [4.69, 9.17) is 0 Å². The van der Waals surface area contributed by atoms with Crippen LogP contribution in [0.4, 0.5) is 5.69 Å². The molecular weight excluding hydrogens is 228 g/mol. The number of nitrogens with zero attached hydrogens (tertiary/aromatic N) is 4. The van der Waals surface area contributed by atoms with Gasteiger partial charge in [-0.1, -0.05) is 0 Å². The Labute approximate surface area is 97.9 Å². The topological polar surface area (TPSA) is 90.5 Å². The van der Waals surface area contributed by atoms with Crippen LogP contribution in [0.15, 0.2) is 6.20 Å². The third kappa shape index (κ3) is 3.25. The minimum absolute atomic E-state index is 0.267. The van der Waals surface area contributed by atoms with Crippen molar-refractivity contribution in [2.45, 2.75) is 6.54 Å². The van der Waals surface area contributed by atoms with E-state index in [9.17, 15) is 14.9 Å². The number of methoxy groups -OCH3 is 1. The van der Waals surface area contributed by atoms with Crippen molar-refractivity contribution >= 4 is 11.7 Å². The largest absolute Gasteiger partial charge is 0.464 e. The molecular formula is C9H14N4O4. The van der Waals surface area contributed by atoms with Crippen LogP contribution >= 0.6 is 0 Å². The van der Waals surface area contributed by atoms with Gasteiger partial charge < -0.3 is 9.64 Å². The van der Waals surface area contributed by atoms with Gasteiger partial charge in [-0.25, -0.2) is 4.79 Å². The van der Waals surface area contributed by atoms with E-state index in [0.29, 0.717) is 13.1 Å². The number of aromatic nitrogens is 2. The van der Waals surface area contributed by atoms with E-state index in [2.05, 4.69) is 9.84 Å². The predicted molar refractivity (Wildman–Crippen MR) is 58.8 cm³/mol. The zero-order valence-electron chi connectivity index (χ0n) is 9.91. The van der Waals surface area contributed by atoms with Crippen LogP contribution in [0.3, 0.4) is 0 Å². The molecule has 0 aliphatic carbocycles. The Balaban J connectivity index is 2.96.